The fourth-order valence-corrected chi connectivity index (χ4v) is 3.69. The smallest absolute Gasteiger partial charge is 0.266 e. The number of hydrogen-bond donors (Lipinski definition) is 1. The summed E-state index contributed by atoms with van der Waals surface area (Å²) in [6.45, 7) is 6.36. The summed E-state index contributed by atoms with van der Waals surface area (Å²) < 4.78 is 10.8. The molecule has 2 aromatic carbocycles. The number of amides is 1. The second-order valence-corrected chi connectivity index (χ2v) is 8.01. The third-order valence-corrected chi connectivity index (χ3v) is 5.56. The number of allylic oxidation sites excluding steroid dienone is 1. The number of rotatable bonds is 5. The first-order chi connectivity index (χ1) is 14.7. The molecule has 1 aliphatic heterocycles. The molecular weight excluding hydrogens is 390 g/mol. The Hall–Kier alpha value is -3.72. The Morgan fingerprint density at radius 3 is 2.58 bits per heavy atom. The Labute approximate surface area is 183 Å². The number of fused-ring (bicyclic) bond motifs is 1. The molecule has 0 unspecified atom stereocenters. The summed E-state index contributed by atoms with van der Waals surface area (Å²) in [5.74, 6) is 0.713. The molecular formula is C25H27N3O3. The monoisotopic (exact) mass is 417 g/mol. The van der Waals surface area contributed by atoms with Crippen molar-refractivity contribution < 1.29 is 14.3 Å². The number of likely N-dealkylation sites (N-methyl/N-ethyl adjacent to an activating group) is 1. The Kier molecular flexibility index (Phi) is 6.07. The van der Waals surface area contributed by atoms with Gasteiger partial charge < -0.3 is 19.7 Å². The van der Waals surface area contributed by atoms with Gasteiger partial charge in [0.1, 0.15) is 23.1 Å². The van der Waals surface area contributed by atoms with Gasteiger partial charge in [-0.1, -0.05) is 12.1 Å². The molecule has 0 spiro atoms. The molecule has 0 fully saturated rings. The molecule has 0 saturated carbocycles. The van der Waals surface area contributed by atoms with Crippen molar-refractivity contribution in [2.24, 2.45) is 0 Å². The molecule has 160 valence electrons. The van der Waals surface area contributed by atoms with Gasteiger partial charge in [0.25, 0.3) is 5.91 Å². The maximum Gasteiger partial charge on any atom is 0.266 e. The van der Waals surface area contributed by atoms with Crippen molar-refractivity contribution in [2.45, 2.75) is 26.3 Å². The van der Waals surface area contributed by atoms with E-state index in [2.05, 4.69) is 37.1 Å². The van der Waals surface area contributed by atoms with Crippen molar-refractivity contribution in [3.63, 3.8) is 0 Å². The number of nitrogens with one attached hydrogen (secondary N) is 1. The Balaban J connectivity index is 2.00. The van der Waals surface area contributed by atoms with Crippen LogP contribution in [0, 0.1) is 11.3 Å². The predicted molar refractivity (Wildman–Crippen MR) is 124 cm³/mol. The van der Waals surface area contributed by atoms with Crippen LogP contribution in [0.5, 0.6) is 11.5 Å². The normalized spacial score (nSPS) is 14.8. The zero-order valence-electron chi connectivity index (χ0n) is 18.7. The number of benzene rings is 2. The third-order valence-electron chi connectivity index (χ3n) is 5.56. The molecule has 0 saturated heterocycles. The molecule has 1 heterocycles. The quantitative estimate of drug-likeness (QED) is 0.554. The molecule has 0 bridgehead atoms. The average Bonchev–Trinajstić information content (AvgIpc) is 2.75. The minimum atomic E-state index is -0.499. The molecule has 0 radical (unpaired) electrons. The lowest BCUT2D eigenvalue weighted by Crippen LogP contribution is -2.42. The molecule has 0 atom stereocenters. The van der Waals surface area contributed by atoms with Crippen molar-refractivity contribution in [1.29, 1.82) is 5.26 Å². The second kappa shape index (κ2) is 8.57. The first-order valence-corrected chi connectivity index (χ1v) is 9.93. The molecule has 6 nitrogen and oxygen atoms in total. The summed E-state index contributed by atoms with van der Waals surface area (Å²) in [4.78, 5) is 14.9. The number of carbonyl (C=O) groups excluding carboxylic acids is 1. The van der Waals surface area contributed by atoms with E-state index in [1.165, 1.54) is 0 Å². The Bertz CT molecular complexity index is 1120. The van der Waals surface area contributed by atoms with Crippen molar-refractivity contribution in [3.05, 3.63) is 59.2 Å². The van der Waals surface area contributed by atoms with E-state index in [9.17, 15) is 10.1 Å². The van der Waals surface area contributed by atoms with Gasteiger partial charge in [-0.05, 0) is 50.6 Å². The van der Waals surface area contributed by atoms with Crippen LogP contribution in [0.2, 0.25) is 0 Å². The first kappa shape index (κ1) is 22.0. The largest absolute Gasteiger partial charge is 0.497 e. The van der Waals surface area contributed by atoms with Gasteiger partial charge in [-0.25, -0.2) is 0 Å². The van der Waals surface area contributed by atoms with Crippen molar-refractivity contribution in [1.82, 2.24) is 0 Å². The molecule has 1 amide bonds. The molecule has 3 rings (SSSR count). The van der Waals surface area contributed by atoms with Crippen LogP contribution in [0.25, 0.3) is 11.6 Å². The molecule has 1 N–H and O–H groups in total. The van der Waals surface area contributed by atoms with Gasteiger partial charge in [0, 0.05) is 41.7 Å². The van der Waals surface area contributed by atoms with Crippen LogP contribution < -0.4 is 19.7 Å². The van der Waals surface area contributed by atoms with Crippen LogP contribution in [0.15, 0.2) is 48.0 Å². The summed E-state index contributed by atoms with van der Waals surface area (Å²) in [6, 6.07) is 12.9. The lowest BCUT2D eigenvalue weighted by molar-refractivity contribution is -0.112. The molecule has 6 heteroatoms. The molecule has 0 aliphatic carbocycles. The molecule has 31 heavy (non-hydrogen) atoms. The average molecular weight is 418 g/mol. The first-order valence-electron chi connectivity index (χ1n) is 9.93. The number of ether oxygens (including phenoxy) is 2. The standard InChI is InChI=1S/C25H27N3O3/c1-16-14-25(2,3)28(4)22-13-23(31-6)17(11-21(16)22)10-18(15-26)24(29)27-19-8-7-9-20(12-19)30-5/h7-14H,1-6H3,(H,27,29)/b18-10+. The highest BCUT2D eigenvalue weighted by atomic mass is 16.5. The summed E-state index contributed by atoms with van der Waals surface area (Å²) in [5, 5.41) is 12.4. The van der Waals surface area contributed by atoms with Crippen LogP contribution in [-0.2, 0) is 4.79 Å². The van der Waals surface area contributed by atoms with E-state index < -0.39 is 5.91 Å². The second-order valence-electron chi connectivity index (χ2n) is 8.01. The van der Waals surface area contributed by atoms with Gasteiger partial charge >= 0.3 is 0 Å². The lowest BCUT2D eigenvalue weighted by Gasteiger charge is -2.41. The van der Waals surface area contributed by atoms with Crippen molar-refractivity contribution in [3.8, 4) is 17.6 Å². The summed E-state index contributed by atoms with van der Waals surface area (Å²) in [6.07, 6.45) is 3.76. The van der Waals surface area contributed by atoms with E-state index in [-0.39, 0.29) is 11.1 Å². The van der Waals surface area contributed by atoms with Crippen LogP contribution in [0.4, 0.5) is 11.4 Å². The number of carbonyl (C=O) groups is 1. The SMILES string of the molecule is COc1cccc(NC(=O)/C(C#N)=C/c2cc3c(cc2OC)N(C)C(C)(C)C=C3C)c1. The van der Waals surface area contributed by atoms with E-state index in [0.717, 1.165) is 16.8 Å². The van der Waals surface area contributed by atoms with E-state index in [1.807, 2.05) is 25.2 Å². The zero-order valence-corrected chi connectivity index (χ0v) is 18.7. The van der Waals surface area contributed by atoms with E-state index in [0.29, 0.717) is 22.7 Å². The van der Waals surface area contributed by atoms with Gasteiger partial charge in [0.15, 0.2) is 0 Å². The van der Waals surface area contributed by atoms with E-state index >= 15 is 0 Å². The fourth-order valence-electron chi connectivity index (χ4n) is 3.69. The minimum absolute atomic E-state index is 0.0211. The summed E-state index contributed by atoms with van der Waals surface area (Å²) in [7, 11) is 5.18. The Morgan fingerprint density at radius 2 is 1.94 bits per heavy atom. The summed E-state index contributed by atoms with van der Waals surface area (Å²) in [5.41, 5.74) is 4.28. The molecule has 2 aromatic rings. The third kappa shape index (κ3) is 4.41. The topological polar surface area (TPSA) is 74.6 Å². The van der Waals surface area contributed by atoms with Crippen molar-refractivity contribution in [2.75, 3.05) is 31.5 Å². The summed E-state index contributed by atoms with van der Waals surface area (Å²) >= 11 is 0. The van der Waals surface area contributed by atoms with E-state index in [4.69, 9.17) is 9.47 Å². The maximum absolute atomic E-state index is 12.7. The van der Waals surface area contributed by atoms with Gasteiger partial charge in [-0.3, -0.25) is 4.79 Å². The van der Waals surface area contributed by atoms with Gasteiger partial charge in [0.2, 0.25) is 0 Å². The van der Waals surface area contributed by atoms with Crippen LogP contribution in [-0.4, -0.2) is 32.7 Å². The maximum atomic E-state index is 12.7. The molecule has 0 aromatic heterocycles. The minimum Gasteiger partial charge on any atom is -0.497 e. The van der Waals surface area contributed by atoms with Gasteiger partial charge in [0.05, 0.1) is 19.8 Å². The number of methoxy groups -OCH3 is 2. The predicted octanol–water partition coefficient (Wildman–Crippen LogP) is 4.88. The number of anilines is 2. The number of hydrogen-bond acceptors (Lipinski definition) is 5. The highest BCUT2D eigenvalue weighted by molar-refractivity contribution is 6.10. The van der Waals surface area contributed by atoms with Gasteiger partial charge in [-0.2, -0.15) is 5.26 Å². The number of nitrogens with zero attached hydrogens (tertiary/aromatic N) is 2. The van der Waals surface area contributed by atoms with Crippen molar-refractivity contribution >= 4 is 28.9 Å². The number of nitriles is 1. The van der Waals surface area contributed by atoms with Crippen LogP contribution in [0.3, 0.4) is 0 Å². The Morgan fingerprint density at radius 1 is 1.19 bits per heavy atom. The zero-order chi connectivity index (χ0) is 22.8. The molecule has 1 aliphatic rings. The van der Waals surface area contributed by atoms with E-state index in [1.54, 1.807) is 44.6 Å². The van der Waals surface area contributed by atoms with Gasteiger partial charge in [-0.15, -0.1) is 0 Å². The highest BCUT2D eigenvalue weighted by Crippen LogP contribution is 2.41. The highest BCUT2D eigenvalue weighted by Gasteiger charge is 2.29. The van der Waals surface area contributed by atoms with Crippen LogP contribution >= 0.6 is 0 Å². The fraction of sp³-hybridized carbons (Fsp3) is 0.280. The van der Waals surface area contributed by atoms with Crippen LogP contribution in [0.1, 0.15) is 31.9 Å². The lowest BCUT2D eigenvalue weighted by atomic mass is 9.88.